The number of morpholine rings is 1. The quantitative estimate of drug-likeness (QED) is 0.783. The number of rotatable bonds is 6. The Morgan fingerprint density at radius 3 is 2.39 bits per heavy atom. The van der Waals surface area contributed by atoms with Crippen LogP contribution in [0.15, 0.2) is 23.1 Å². The van der Waals surface area contributed by atoms with Gasteiger partial charge >= 0.3 is 0 Å². The lowest BCUT2D eigenvalue weighted by atomic mass is 10.2. The molecule has 1 aliphatic rings. The summed E-state index contributed by atoms with van der Waals surface area (Å²) in [5.74, 6) is -0.267. The Balaban J connectivity index is 1.99. The van der Waals surface area contributed by atoms with Crippen molar-refractivity contribution in [3.8, 4) is 0 Å². The normalized spacial score (nSPS) is 17.3. The zero-order valence-electron chi connectivity index (χ0n) is 13.3. The van der Waals surface area contributed by atoms with Crippen molar-refractivity contribution in [2.24, 2.45) is 0 Å². The lowest BCUT2D eigenvalue weighted by molar-refractivity contribution is 0.0730. The van der Waals surface area contributed by atoms with E-state index in [1.807, 2.05) is 6.92 Å². The van der Waals surface area contributed by atoms with Gasteiger partial charge in [0.1, 0.15) is 0 Å². The highest BCUT2D eigenvalue weighted by molar-refractivity contribution is 7.90. The molecule has 1 heterocycles. The van der Waals surface area contributed by atoms with Gasteiger partial charge in [0.2, 0.25) is 20.0 Å². The van der Waals surface area contributed by atoms with Crippen LogP contribution in [0.2, 0.25) is 0 Å². The molecule has 0 radical (unpaired) electrons. The Hall–Kier alpha value is -1.00. The molecule has 1 aromatic carbocycles. The van der Waals surface area contributed by atoms with E-state index >= 15 is 0 Å². The maximum absolute atomic E-state index is 12.3. The highest BCUT2D eigenvalue weighted by Gasteiger charge is 2.25. The number of nitrogens with zero attached hydrogens (tertiary/aromatic N) is 1. The first kappa shape index (κ1) is 18.3. The second kappa shape index (κ2) is 7.27. The third-order valence-corrected chi connectivity index (χ3v) is 7.13. The van der Waals surface area contributed by atoms with Gasteiger partial charge in [-0.15, -0.1) is 0 Å². The van der Waals surface area contributed by atoms with Crippen LogP contribution >= 0.6 is 0 Å². The van der Waals surface area contributed by atoms with E-state index in [2.05, 4.69) is 4.72 Å². The van der Waals surface area contributed by atoms with Crippen LogP contribution in [0.1, 0.15) is 11.1 Å². The van der Waals surface area contributed by atoms with Crippen molar-refractivity contribution >= 4 is 20.0 Å². The molecule has 0 saturated carbocycles. The highest BCUT2D eigenvalue weighted by Crippen LogP contribution is 2.16. The summed E-state index contributed by atoms with van der Waals surface area (Å²) in [5, 5.41) is 0. The van der Waals surface area contributed by atoms with E-state index in [9.17, 15) is 16.8 Å². The molecule has 1 N–H and O–H groups in total. The van der Waals surface area contributed by atoms with Crippen LogP contribution in [0.4, 0.5) is 0 Å². The van der Waals surface area contributed by atoms with Gasteiger partial charge in [-0.1, -0.05) is 17.7 Å². The molecule has 23 heavy (non-hydrogen) atoms. The van der Waals surface area contributed by atoms with Gasteiger partial charge in [0.15, 0.2) is 0 Å². The monoisotopic (exact) mass is 362 g/mol. The third-order valence-electron chi connectivity index (χ3n) is 3.64. The Kier molecular flexibility index (Phi) is 5.79. The molecule has 0 amide bonds. The van der Waals surface area contributed by atoms with E-state index in [4.69, 9.17) is 4.74 Å². The van der Waals surface area contributed by atoms with Gasteiger partial charge in [0.05, 0.1) is 23.9 Å². The van der Waals surface area contributed by atoms with Gasteiger partial charge in [-0.3, -0.25) is 0 Å². The molecule has 0 bridgehead atoms. The molecule has 1 fully saturated rings. The van der Waals surface area contributed by atoms with Crippen molar-refractivity contribution in [2.45, 2.75) is 18.7 Å². The van der Waals surface area contributed by atoms with Crippen LogP contribution in [-0.2, 0) is 24.8 Å². The molecule has 9 heteroatoms. The van der Waals surface area contributed by atoms with Crippen molar-refractivity contribution in [1.29, 1.82) is 0 Å². The summed E-state index contributed by atoms with van der Waals surface area (Å²) >= 11 is 0. The van der Waals surface area contributed by atoms with E-state index in [1.165, 1.54) is 10.4 Å². The Labute approximate surface area is 137 Å². The first-order chi connectivity index (χ1) is 10.7. The molecule has 7 nitrogen and oxygen atoms in total. The predicted molar refractivity (Wildman–Crippen MR) is 87.3 cm³/mol. The molecule has 0 atom stereocenters. The Bertz CT molecular complexity index is 753. The van der Waals surface area contributed by atoms with Crippen molar-refractivity contribution < 1.29 is 21.6 Å². The minimum Gasteiger partial charge on any atom is -0.379 e. The largest absolute Gasteiger partial charge is 0.379 e. The number of sulfonamides is 2. The lowest BCUT2D eigenvalue weighted by Gasteiger charge is -2.26. The number of ether oxygens (including phenoxy) is 1. The smallest absolute Gasteiger partial charge is 0.240 e. The molecule has 1 saturated heterocycles. The molecule has 2 rings (SSSR count). The van der Waals surface area contributed by atoms with Crippen LogP contribution in [0.5, 0.6) is 0 Å². The molecular weight excluding hydrogens is 340 g/mol. The van der Waals surface area contributed by atoms with Gasteiger partial charge < -0.3 is 4.74 Å². The van der Waals surface area contributed by atoms with E-state index in [0.717, 1.165) is 5.56 Å². The fraction of sp³-hybridized carbons (Fsp3) is 0.571. The number of hydrogen-bond donors (Lipinski definition) is 1. The summed E-state index contributed by atoms with van der Waals surface area (Å²) in [5.41, 5.74) is 1.60. The predicted octanol–water partition coefficient (Wildman–Crippen LogP) is 0.244. The molecule has 0 aliphatic carbocycles. The van der Waals surface area contributed by atoms with Gasteiger partial charge in [0.25, 0.3) is 0 Å². The fourth-order valence-electron chi connectivity index (χ4n) is 2.44. The average Bonchev–Trinajstić information content (AvgIpc) is 2.47. The van der Waals surface area contributed by atoms with E-state index in [0.29, 0.717) is 31.9 Å². The number of aryl methyl sites for hydroxylation is 2. The third kappa shape index (κ3) is 4.74. The van der Waals surface area contributed by atoms with Crippen molar-refractivity contribution in [2.75, 3.05) is 38.6 Å². The highest BCUT2D eigenvalue weighted by atomic mass is 32.2. The van der Waals surface area contributed by atoms with Crippen molar-refractivity contribution in [3.63, 3.8) is 0 Å². The average molecular weight is 362 g/mol. The Morgan fingerprint density at radius 1 is 1.13 bits per heavy atom. The summed E-state index contributed by atoms with van der Waals surface area (Å²) in [6.07, 6.45) is 0. The number of hydrogen-bond acceptors (Lipinski definition) is 5. The minimum absolute atomic E-state index is 0.157. The van der Waals surface area contributed by atoms with E-state index in [-0.39, 0.29) is 17.2 Å². The summed E-state index contributed by atoms with van der Waals surface area (Å²) in [4.78, 5) is 0.173. The van der Waals surface area contributed by atoms with Crippen molar-refractivity contribution in [3.05, 3.63) is 29.3 Å². The second-order valence-corrected chi connectivity index (χ2v) is 9.32. The van der Waals surface area contributed by atoms with Crippen molar-refractivity contribution in [1.82, 2.24) is 9.03 Å². The summed E-state index contributed by atoms with van der Waals surface area (Å²) in [7, 11) is -7.20. The van der Waals surface area contributed by atoms with Crippen LogP contribution in [0.25, 0.3) is 0 Å². The first-order valence-electron chi connectivity index (χ1n) is 7.35. The topological polar surface area (TPSA) is 92.8 Å². The summed E-state index contributed by atoms with van der Waals surface area (Å²) < 4.78 is 57.7. The van der Waals surface area contributed by atoms with Gasteiger partial charge in [0, 0.05) is 19.6 Å². The zero-order valence-corrected chi connectivity index (χ0v) is 14.9. The number of nitrogens with one attached hydrogen (secondary N) is 1. The van der Waals surface area contributed by atoms with Gasteiger partial charge in [-0.2, -0.15) is 4.31 Å². The number of benzene rings is 1. The van der Waals surface area contributed by atoms with Gasteiger partial charge in [-0.25, -0.2) is 21.6 Å². The SMILES string of the molecule is Cc1ccc(S(=O)(=O)NCCS(=O)(=O)N2CCOCC2)c(C)c1. The lowest BCUT2D eigenvalue weighted by Crippen LogP contribution is -2.43. The van der Waals surface area contributed by atoms with Gasteiger partial charge in [-0.05, 0) is 25.5 Å². The fourth-order valence-corrected chi connectivity index (χ4v) is 5.15. The molecule has 1 aromatic rings. The van der Waals surface area contributed by atoms with Crippen LogP contribution in [0.3, 0.4) is 0 Å². The van der Waals surface area contributed by atoms with Crippen LogP contribution in [0, 0.1) is 13.8 Å². The summed E-state index contributed by atoms with van der Waals surface area (Å²) in [6.45, 7) is 4.80. The molecule has 0 unspecified atom stereocenters. The minimum atomic E-state index is -3.72. The molecule has 0 spiro atoms. The molecular formula is C14H22N2O5S2. The van der Waals surface area contributed by atoms with E-state index in [1.54, 1.807) is 19.1 Å². The van der Waals surface area contributed by atoms with Crippen LogP contribution in [-0.4, -0.2) is 59.7 Å². The zero-order chi connectivity index (χ0) is 17.1. The Morgan fingerprint density at radius 2 is 1.78 bits per heavy atom. The molecule has 130 valence electrons. The summed E-state index contributed by atoms with van der Waals surface area (Å²) in [6, 6.07) is 5.02. The standard InChI is InChI=1S/C14H22N2O5S2/c1-12-3-4-14(13(2)11-12)23(19,20)15-5-10-22(17,18)16-6-8-21-9-7-16/h3-4,11,15H,5-10H2,1-2H3. The van der Waals surface area contributed by atoms with E-state index < -0.39 is 20.0 Å². The maximum Gasteiger partial charge on any atom is 0.240 e. The maximum atomic E-state index is 12.3. The molecule has 0 aromatic heterocycles. The second-order valence-electron chi connectivity index (χ2n) is 5.49. The first-order valence-corrected chi connectivity index (χ1v) is 10.4. The molecule has 1 aliphatic heterocycles. The van der Waals surface area contributed by atoms with Crippen LogP contribution < -0.4 is 4.72 Å².